The first kappa shape index (κ1) is 7.40. The van der Waals surface area contributed by atoms with Crippen molar-refractivity contribution in [3.63, 3.8) is 0 Å². The van der Waals surface area contributed by atoms with Crippen LogP contribution in [0.4, 0.5) is 0 Å². The summed E-state index contributed by atoms with van der Waals surface area (Å²) in [6.07, 6.45) is 0.652. The van der Waals surface area contributed by atoms with E-state index in [0.29, 0.717) is 6.42 Å². The van der Waals surface area contributed by atoms with Gasteiger partial charge in [0.2, 0.25) is 0 Å². The van der Waals surface area contributed by atoms with Crippen LogP contribution in [0.5, 0.6) is 0 Å². The molecule has 0 heterocycles. The first-order valence-electron chi connectivity index (χ1n) is 2.84. The number of aliphatic carboxylic acids is 1. The van der Waals surface area contributed by atoms with Gasteiger partial charge in [-0.15, -0.1) is 0 Å². The van der Waals surface area contributed by atoms with Crippen LogP contribution in [0.2, 0.25) is 0 Å². The van der Waals surface area contributed by atoms with Crippen LogP contribution < -0.4 is 5.73 Å². The second-order valence-corrected chi connectivity index (χ2v) is 3.48. The van der Waals surface area contributed by atoms with Gasteiger partial charge in [0.1, 0.15) is 0 Å². The summed E-state index contributed by atoms with van der Waals surface area (Å²) < 4.78 is 0. The minimum absolute atomic E-state index is 0.00810. The van der Waals surface area contributed by atoms with Crippen molar-refractivity contribution in [1.29, 1.82) is 5.41 Å². The SMILES string of the molecule is N=C(N)S[C@H]1CC1C(=O)O. The molecule has 0 bridgehead atoms. The molecule has 1 aliphatic carbocycles. The Morgan fingerprint density at radius 1 is 1.80 bits per heavy atom. The van der Waals surface area contributed by atoms with Crippen LogP contribution >= 0.6 is 11.8 Å². The van der Waals surface area contributed by atoms with Crippen molar-refractivity contribution in [3.05, 3.63) is 0 Å². The largest absolute Gasteiger partial charge is 0.481 e. The van der Waals surface area contributed by atoms with E-state index in [0.717, 1.165) is 11.8 Å². The van der Waals surface area contributed by atoms with Gasteiger partial charge in [0.25, 0.3) is 0 Å². The summed E-state index contributed by atoms with van der Waals surface area (Å²) in [7, 11) is 0. The van der Waals surface area contributed by atoms with Crippen molar-refractivity contribution in [3.8, 4) is 0 Å². The van der Waals surface area contributed by atoms with E-state index in [1.807, 2.05) is 0 Å². The molecule has 0 aromatic carbocycles. The molecule has 0 spiro atoms. The smallest absolute Gasteiger partial charge is 0.307 e. The van der Waals surface area contributed by atoms with Crippen LogP contribution in [0, 0.1) is 11.3 Å². The van der Waals surface area contributed by atoms with Gasteiger partial charge in [-0.1, -0.05) is 11.8 Å². The van der Waals surface area contributed by atoms with Crippen molar-refractivity contribution >= 4 is 22.9 Å². The minimum atomic E-state index is -0.779. The number of amidine groups is 1. The molecule has 0 aromatic rings. The molecular formula is C5H8N2O2S. The lowest BCUT2D eigenvalue weighted by Gasteiger charge is -1.92. The van der Waals surface area contributed by atoms with Gasteiger partial charge in [-0.25, -0.2) is 0 Å². The average Bonchev–Trinajstić information content (AvgIpc) is 2.43. The quantitative estimate of drug-likeness (QED) is 0.394. The van der Waals surface area contributed by atoms with Gasteiger partial charge in [-0.05, 0) is 6.42 Å². The highest BCUT2D eigenvalue weighted by molar-refractivity contribution is 8.14. The third-order valence-electron chi connectivity index (χ3n) is 1.33. The molecule has 1 fully saturated rings. The highest BCUT2D eigenvalue weighted by Crippen LogP contribution is 2.41. The first-order valence-corrected chi connectivity index (χ1v) is 3.72. The number of rotatable bonds is 2. The third kappa shape index (κ3) is 1.63. The predicted octanol–water partition coefficient (Wildman–Crippen LogP) is 0.0862. The zero-order valence-electron chi connectivity index (χ0n) is 5.20. The monoisotopic (exact) mass is 160 g/mol. The van der Waals surface area contributed by atoms with Crippen molar-refractivity contribution in [2.24, 2.45) is 11.7 Å². The van der Waals surface area contributed by atoms with E-state index >= 15 is 0 Å². The zero-order valence-corrected chi connectivity index (χ0v) is 6.02. The molecule has 0 amide bonds. The molecule has 0 aromatic heterocycles. The van der Waals surface area contributed by atoms with Crippen LogP contribution in [0.3, 0.4) is 0 Å². The van der Waals surface area contributed by atoms with Crippen molar-refractivity contribution < 1.29 is 9.90 Å². The molecule has 1 saturated carbocycles. The number of hydrogen-bond acceptors (Lipinski definition) is 3. The fourth-order valence-corrected chi connectivity index (χ4v) is 1.64. The van der Waals surface area contributed by atoms with Crippen LogP contribution in [0.25, 0.3) is 0 Å². The molecule has 56 valence electrons. The molecule has 0 aliphatic heterocycles. The number of hydrogen-bond donors (Lipinski definition) is 3. The third-order valence-corrected chi connectivity index (χ3v) is 2.41. The van der Waals surface area contributed by atoms with Gasteiger partial charge in [0, 0.05) is 5.25 Å². The fraction of sp³-hybridized carbons (Fsp3) is 0.600. The molecule has 1 aliphatic rings. The summed E-state index contributed by atoms with van der Waals surface area (Å²) >= 11 is 1.14. The van der Waals surface area contributed by atoms with Crippen LogP contribution in [0.1, 0.15) is 6.42 Å². The maximum atomic E-state index is 10.2. The highest BCUT2D eigenvalue weighted by Gasteiger charge is 2.44. The lowest BCUT2D eigenvalue weighted by molar-refractivity contribution is -0.138. The van der Waals surface area contributed by atoms with Gasteiger partial charge in [0.05, 0.1) is 5.92 Å². The highest BCUT2D eigenvalue weighted by atomic mass is 32.2. The Balaban J connectivity index is 2.26. The van der Waals surface area contributed by atoms with Gasteiger partial charge in [-0.3, -0.25) is 10.2 Å². The van der Waals surface area contributed by atoms with E-state index in [4.69, 9.17) is 16.2 Å². The van der Waals surface area contributed by atoms with Crippen LogP contribution in [-0.2, 0) is 4.79 Å². The number of nitrogens with one attached hydrogen (secondary N) is 1. The number of thioether (sulfide) groups is 1. The summed E-state index contributed by atoms with van der Waals surface area (Å²) in [6, 6.07) is 0. The van der Waals surface area contributed by atoms with Gasteiger partial charge >= 0.3 is 5.97 Å². The number of nitrogens with two attached hydrogens (primary N) is 1. The lowest BCUT2D eigenvalue weighted by Crippen LogP contribution is -2.07. The van der Waals surface area contributed by atoms with E-state index in [1.165, 1.54) is 0 Å². The molecule has 0 radical (unpaired) electrons. The summed E-state index contributed by atoms with van der Waals surface area (Å²) in [5.41, 5.74) is 5.05. The molecule has 0 saturated heterocycles. The predicted molar refractivity (Wildman–Crippen MR) is 39.0 cm³/mol. The fourth-order valence-electron chi connectivity index (χ4n) is 0.725. The molecule has 4 N–H and O–H groups in total. The maximum Gasteiger partial charge on any atom is 0.307 e. The molecule has 4 nitrogen and oxygen atoms in total. The lowest BCUT2D eigenvalue weighted by atomic mass is 10.4. The molecular weight excluding hydrogens is 152 g/mol. The second kappa shape index (κ2) is 2.49. The zero-order chi connectivity index (χ0) is 7.72. The van der Waals surface area contributed by atoms with Gasteiger partial charge in [0.15, 0.2) is 5.17 Å². The Morgan fingerprint density at radius 3 is 2.70 bits per heavy atom. The topological polar surface area (TPSA) is 87.2 Å². The average molecular weight is 160 g/mol. The molecule has 10 heavy (non-hydrogen) atoms. The van der Waals surface area contributed by atoms with Crippen molar-refractivity contribution in [1.82, 2.24) is 0 Å². The molecule has 2 atom stereocenters. The molecule has 5 heteroatoms. The van der Waals surface area contributed by atoms with E-state index < -0.39 is 5.97 Å². The van der Waals surface area contributed by atoms with Crippen molar-refractivity contribution in [2.45, 2.75) is 11.7 Å². The Labute approximate surface area is 62.3 Å². The van der Waals surface area contributed by atoms with Crippen molar-refractivity contribution in [2.75, 3.05) is 0 Å². The van der Waals surface area contributed by atoms with Crippen LogP contribution in [0.15, 0.2) is 0 Å². The summed E-state index contributed by atoms with van der Waals surface area (Å²) in [4.78, 5) is 10.2. The summed E-state index contributed by atoms with van der Waals surface area (Å²) in [5.74, 6) is -1.05. The van der Waals surface area contributed by atoms with Crippen LogP contribution in [-0.4, -0.2) is 21.5 Å². The maximum absolute atomic E-state index is 10.2. The van der Waals surface area contributed by atoms with E-state index in [9.17, 15) is 4.79 Å². The van der Waals surface area contributed by atoms with E-state index in [1.54, 1.807) is 0 Å². The molecule has 1 unspecified atom stereocenters. The number of carboxylic acid groups (broad SMARTS) is 1. The van der Waals surface area contributed by atoms with Gasteiger partial charge < -0.3 is 10.8 Å². The normalized spacial score (nSPS) is 29.6. The standard InChI is InChI=1S/C5H8N2O2S/c6-5(7)10-3-1-2(3)4(8)9/h2-3H,1H2,(H3,6,7)(H,8,9)/t2?,3-/m0/s1. The van der Waals surface area contributed by atoms with E-state index in [-0.39, 0.29) is 16.3 Å². The molecule has 1 rings (SSSR count). The Morgan fingerprint density at radius 2 is 2.40 bits per heavy atom. The minimum Gasteiger partial charge on any atom is -0.481 e. The van der Waals surface area contributed by atoms with Gasteiger partial charge in [-0.2, -0.15) is 0 Å². The Hall–Kier alpha value is -0.710. The second-order valence-electron chi connectivity index (χ2n) is 2.20. The Kier molecular flexibility index (Phi) is 1.85. The summed E-state index contributed by atoms with van der Waals surface area (Å²) in [6.45, 7) is 0. The number of carboxylic acids is 1. The van der Waals surface area contributed by atoms with E-state index in [2.05, 4.69) is 0 Å². The number of carbonyl (C=O) groups is 1. The Bertz CT molecular complexity index is 182. The first-order chi connectivity index (χ1) is 4.61. The summed E-state index contributed by atoms with van der Waals surface area (Å²) in [5, 5.41) is 15.3.